The number of pyridine rings is 1. The van der Waals surface area contributed by atoms with Crippen molar-refractivity contribution < 1.29 is 4.42 Å². The average molecular weight is 631 g/mol. The van der Waals surface area contributed by atoms with Crippen molar-refractivity contribution >= 4 is 43.9 Å². The Bertz CT molecular complexity index is 2950. The van der Waals surface area contributed by atoms with Crippen LogP contribution in [0.25, 0.3) is 88.4 Å². The molecule has 0 fully saturated rings. The van der Waals surface area contributed by atoms with Crippen LogP contribution in [-0.2, 0) is 0 Å². The lowest BCUT2D eigenvalue weighted by molar-refractivity contribution is 0.655. The maximum Gasteiger partial charge on any atom is 0.341 e. The van der Waals surface area contributed by atoms with E-state index >= 15 is 0 Å². The molecule has 0 amide bonds. The Morgan fingerprint density at radius 3 is 1.53 bits per heavy atom. The van der Waals surface area contributed by atoms with Gasteiger partial charge in [0.25, 0.3) is 5.56 Å². The molecule has 3 heterocycles. The van der Waals surface area contributed by atoms with E-state index in [2.05, 4.69) is 54.6 Å². The Morgan fingerprint density at radius 2 is 0.898 bits per heavy atom. The van der Waals surface area contributed by atoms with Crippen molar-refractivity contribution in [2.75, 3.05) is 0 Å². The standard InChI is InChI=1S/C44H26N2O3/c47-43-36-18-16-30(27-10-4-1-5-11-27)25-37(36)35-19-21-39-42-41(35)46(43)44(48)45(42)38-20-17-31(26-40(38)49-39)34-23-32(28-12-6-2-7-13-28)22-33(24-34)29-14-8-3-9-15-29/h1-26H. The van der Waals surface area contributed by atoms with E-state index in [0.29, 0.717) is 33.1 Å². The van der Waals surface area contributed by atoms with Crippen molar-refractivity contribution in [1.29, 1.82) is 0 Å². The third-order valence-electron chi connectivity index (χ3n) is 9.70. The Morgan fingerprint density at radius 1 is 0.367 bits per heavy atom. The molecular formula is C44H26N2O3. The highest BCUT2D eigenvalue weighted by Gasteiger charge is 2.23. The maximum absolute atomic E-state index is 14.2. The van der Waals surface area contributed by atoms with Crippen LogP contribution in [0.15, 0.2) is 172 Å². The second-order valence-electron chi connectivity index (χ2n) is 12.5. The molecule has 49 heavy (non-hydrogen) atoms. The summed E-state index contributed by atoms with van der Waals surface area (Å²) in [5.74, 6) is 0. The largest absolute Gasteiger partial charge is 0.453 e. The molecule has 0 unspecified atom stereocenters. The van der Waals surface area contributed by atoms with Gasteiger partial charge in [-0.15, -0.1) is 0 Å². The number of hydrogen-bond acceptors (Lipinski definition) is 3. The van der Waals surface area contributed by atoms with E-state index in [4.69, 9.17) is 4.42 Å². The molecule has 0 atom stereocenters. The van der Waals surface area contributed by atoms with Crippen LogP contribution in [0.1, 0.15) is 0 Å². The van der Waals surface area contributed by atoms with E-state index in [1.165, 1.54) is 4.40 Å². The molecule has 5 heteroatoms. The van der Waals surface area contributed by atoms with Gasteiger partial charge in [-0.2, -0.15) is 0 Å². The molecule has 0 radical (unpaired) electrons. The quantitative estimate of drug-likeness (QED) is 0.144. The molecule has 0 saturated heterocycles. The fourth-order valence-corrected chi connectivity index (χ4v) is 7.36. The van der Waals surface area contributed by atoms with E-state index in [1.807, 2.05) is 103 Å². The number of imidazole rings is 1. The van der Waals surface area contributed by atoms with Gasteiger partial charge in [0, 0.05) is 10.8 Å². The molecule has 3 aromatic heterocycles. The van der Waals surface area contributed by atoms with Gasteiger partial charge in [-0.05, 0) is 104 Å². The highest BCUT2D eigenvalue weighted by molar-refractivity contribution is 6.15. The topological polar surface area (TPSA) is 56.1 Å². The minimum Gasteiger partial charge on any atom is -0.453 e. The summed E-state index contributed by atoms with van der Waals surface area (Å²) < 4.78 is 9.50. The molecule has 0 saturated carbocycles. The lowest BCUT2D eigenvalue weighted by atomic mass is 9.93. The fraction of sp³-hybridized carbons (Fsp3) is 0. The highest BCUT2D eigenvalue weighted by atomic mass is 16.3. The molecular weight excluding hydrogens is 604 g/mol. The van der Waals surface area contributed by atoms with E-state index in [9.17, 15) is 9.59 Å². The van der Waals surface area contributed by atoms with Crippen LogP contribution in [0.2, 0.25) is 0 Å². The SMILES string of the molecule is O=c1c2ccc(-c3ccccc3)cc2c2ccc3oc4cc(-c5cc(-c6ccccc6)cc(-c6ccccc6)c5)ccc4n4c(=O)n1c2c34. The van der Waals surface area contributed by atoms with E-state index in [0.717, 1.165) is 55.3 Å². The lowest BCUT2D eigenvalue weighted by Crippen LogP contribution is -2.26. The third-order valence-corrected chi connectivity index (χ3v) is 9.70. The number of hydrogen-bond donors (Lipinski definition) is 0. The lowest BCUT2D eigenvalue weighted by Gasteiger charge is -2.12. The summed E-state index contributed by atoms with van der Waals surface area (Å²) in [6.07, 6.45) is 0. The number of aromatic nitrogens is 2. The number of benzene rings is 7. The summed E-state index contributed by atoms with van der Waals surface area (Å²) >= 11 is 0. The Labute approximate surface area is 279 Å². The highest BCUT2D eigenvalue weighted by Crippen LogP contribution is 2.37. The molecule has 10 aromatic rings. The average Bonchev–Trinajstić information content (AvgIpc) is 3.49. The summed E-state index contributed by atoms with van der Waals surface area (Å²) in [4.78, 5) is 28.2. The first kappa shape index (κ1) is 27.4. The summed E-state index contributed by atoms with van der Waals surface area (Å²) in [7, 11) is 0. The van der Waals surface area contributed by atoms with Gasteiger partial charge in [0.2, 0.25) is 0 Å². The van der Waals surface area contributed by atoms with Gasteiger partial charge in [0.05, 0.1) is 11.0 Å². The van der Waals surface area contributed by atoms with E-state index < -0.39 is 5.69 Å². The molecule has 0 bridgehead atoms. The first-order chi connectivity index (χ1) is 24.1. The molecule has 0 aliphatic carbocycles. The molecule has 0 aliphatic heterocycles. The van der Waals surface area contributed by atoms with Crippen molar-refractivity contribution in [2.45, 2.75) is 0 Å². The third kappa shape index (κ3) is 4.12. The Kier molecular flexibility index (Phi) is 5.81. The second kappa shape index (κ2) is 10.4. The zero-order chi connectivity index (χ0) is 32.6. The van der Waals surface area contributed by atoms with Crippen LogP contribution in [-0.4, -0.2) is 8.80 Å². The van der Waals surface area contributed by atoms with Crippen LogP contribution in [0, 0.1) is 0 Å². The molecule has 0 aliphatic rings. The Balaban J connectivity index is 1.21. The van der Waals surface area contributed by atoms with Crippen molar-refractivity contribution in [3.05, 3.63) is 179 Å². The predicted molar refractivity (Wildman–Crippen MR) is 199 cm³/mol. The summed E-state index contributed by atoms with van der Waals surface area (Å²) in [6.45, 7) is 0. The molecule has 5 nitrogen and oxygen atoms in total. The van der Waals surface area contributed by atoms with Crippen LogP contribution in [0.5, 0.6) is 0 Å². The minimum absolute atomic E-state index is 0.334. The smallest absolute Gasteiger partial charge is 0.341 e. The summed E-state index contributed by atoms with van der Waals surface area (Å²) in [5, 5.41) is 2.14. The number of rotatable bonds is 4. The predicted octanol–water partition coefficient (Wildman–Crippen LogP) is 10.1. The van der Waals surface area contributed by atoms with Gasteiger partial charge in [0.1, 0.15) is 5.52 Å². The van der Waals surface area contributed by atoms with Gasteiger partial charge in [0.15, 0.2) is 11.2 Å². The van der Waals surface area contributed by atoms with Gasteiger partial charge < -0.3 is 4.42 Å². The molecule has 0 spiro atoms. The number of fused-ring (bicyclic) bond motifs is 4. The first-order valence-corrected chi connectivity index (χ1v) is 16.3. The van der Waals surface area contributed by atoms with Gasteiger partial charge in [-0.25, -0.2) is 9.20 Å². The van der Waals surface area contributed by atoms with Crippen molar-refractivity contribution in [3.8, 4) is 44.5 Å². The van der Waals surface area contributed by atoms with E-state index in [1.54, 1.807) is 4.40 Å². The second-order valence-corrected chi connectivity index (χ2v) is 12.5. The van der Waals surface area contributed by atoms with Crippen molar-refractivity contribution in [3.63, 3.8) is 0 Å². The van der Waals surface area contributed by atoms with Gasteiger partial charge in [-0.1, -0.05) is 103 Å². The number of nitrogens with zero attached hydrogens (tertiary/aromatic N) is 2. The fourth-order valence-electron chi connectivity index (χ4n) is 7.36. The summed E-state index contributed by atoms with van der Waals surface area (Å²) in [5.41, 5.74) is 10.7. The monoisotopic (exact) mass is 630 g/mol. The Hall–Kier alpha value is -6.72. The maximum atomic E-state index is 14.2. The molecule has 230 valence electrons. The summed E-state index contributed by atoms with van der Waals surface area (Å²) in [6, 6.07) is 53.0. The first-order valence-electron chi connectivity index (χ1n) is 16.3. The van der Waals surface area contributed by atoms with Crippen LogP contribution < -0.4 is 11.2 Å². The minimum atomic E-state index is -0.402. The van der Waals surface area contributed by atoms with Crippen molar-refractivity contribution in [1.82, 2.24) is 8.80 Å². The van der Waals surface area contributed by atoms with Crippen LogP contribution >= 0.6 is 0 Å². The molecule has 7 aromatic carbocycles. The van der Waals surface area contributed by atoms with Crippen molar-refractivity contribution in [2.24, 2.45) is 0 Å². The normalized spacial score (nSPS) is 11.8. The van der Waals surface area contributed by atoms with E-state index in [-0.39, 0.29) is 5.56 Å². The zero-order valence-corrected chi connectivity index (χ0v) is 26.1. The van der Waals surface area contributed by atoms with Crippen LogP contribution in [0.3, 0.4) is 0 Å². The zero-order valence-electron chi connectivity index (χ0n) is 26.1. The van der Waals surface area contributed by atoms with Crippen LogP contribution in [0.4, 0.5) is 0 Å². The molecule has 0 N–H and O–H groups in total. The van der Waals surface area contributed by atoms with Gasteiger partial charge in [-0.3, -0.25) is 9.20 Å². The van der Waals surface area contributed by atoms with Gasteiger partial charge >= 0.3 is 5.69 Å². The molecule has 10 rings (SSSR count).